The van der Waals surface area contributed by atoms with Crippen LogP contribution in [0.4, 0.5) is 0 Å². The number of carbonyl (C=O) groups excluding carboxylic acids is 1. The fraction of sp³-hybridized carbons (Fsp3) is 0.600. The highest BCUT2D eigenvalue weighted by Gasteiger charge is 2.17. The summed E-state index contributed by atoms with van der Waals surface area (Å²) in [6, 6.07) is 1.84. The second-order valence-corrected chi connectivity index (χ2v) is 4.16. The van der Waals surface area contributed by atoms with E-state index >= 15 is 0 Å². The van der Waals surface area contributed by atoms with E-state index in [9.17, 15) is 4.79 Å². The number of halogens is 2. The summed E-state index contributed by atoms with van der Waals surface area (Å²) < 4.78 is 1.73. The molecule has 0 saturated carbocycles. The van der Waals surface area contributed by atoms with Crippen molar-refractivity contribution in [3.63, 3.8) is 0 Å². The summed E-state index contributed by atoms with van der Waals surface area (Å²) in [5, 5.41) is 6.88. The number of rotatable bonds is 5. The molecule has 17 heavy (non-hydrogen) atoms. The minimum atomic E-state index is -0.332. The van der Waals surface area contributed by atoms with Crippen LogP contribution in [0.5, 0.6) is 0 Å². The SMILES string of the molecule is CC(C)(CN)NC(=O)CCn1cccn1.Cl.Cl. The molecule has 3 N–H and O–H groups in total. The number of carbonyl (C=O) groups is 1. The first-order chi connectivity index (χ1) is 7.03. The molecule has 0 aliphatic heterocycles. The van der Waals surface area contributed by atoms with Crippen LogP contribution < -0.4 is 11.1 Å². The number of hydrogen-bond donors (Lipinski definition) is 2. The second kappa shape index (κ2) is 8.33. The average molecular weight is 283 g/mol. The highest BCUT2D eigenvalue weighted by molar-refractivity contribution is 5.85. The third-order valence-electron chi connectivity index (χ3n) is 2.12. The van der Waals surface area contributed by atoms with E-state index in [0.717, 1.165) is 0 Å². The molecule has 0 atom stereocenters. The van der Waals surface area contributed by atoms with Gasteiger partial charge >= 0.3 is 0 Å². The van der Waals surface area contributed by atoms with Crippen LogP contribution in [0.25, 0.3) is 0 Å². The zero-order valence-electron chi connectivity index (χ0n) is 10.0. The predicted octanol–water partition coefficient (Wildman–Crippen LogP) is 0.970. The Morgan fingerprint density at radius 3 is 2.59 bits per heavy atom. The van der Waals surface area contributed by atoms with Gasteiger partial charge in [0.05, 0.1) is 0 Å². The number of amides is 1. The lowest BCUT2D eigenvalue weighted by Gasteiger charge is -2.24. The number of aromatic nitrogens is 2. The highest BCUT2D eigenvalue weighted by atomic mass is 35.5. The maximum atomic E-state index is 11.5. The van der Waals surface area contributed by atoms with Crippen molar-refractivity contribution >= 4 is 30.7 Å². The van der Waals surface area contributed by atoms with E-state index in [1.54, 1.807) is 10.9 Å². The van der Waals surface area contributed by atoms with Crippen molar-refractivity contribution in [3.05, 3.63) is 18.5 Å². The van der Waals surface area contributed by atoms with Gasteiger partial charge in [0.2, 0.25) is 5.91 Å². The van der Waals surface area contributed by atoms with Gasteiger partial charge < -0.3 is 11.1 Å². The molecule has 100 valence electrons. The lowest BCUT2D eigenvalue weighted by atomic mass is 10.1. The largest absolute Gasteiger partial charge is 0.350 e. The molecular weight excluding hydrogens is 263 g/mol. The maximum Gasteiger partial charge on any atom is 0.222 e. The summed E-state index contributed by atoms with van der Waals surface area (Å²) in [7, 11) is 0. The molecule has 0 spiro atoms. The van der Waals surface area contributed by atoms with Crippen molar-refractivity contribution in [3.8, 4) is 0 Å². The average Bonchev–Trinajstić information content (AvgIpc) is 2.66. The van der Waals surface area contributed by atoms with Crippen LogP contribution >= 0.6 is 24.8 Å². The van der Waals surface area contributed by atoms with Crippen LogP contribution in [0.3, 0.4) is 0 Å². The van der Waals surface area contributed by atoms with Gasteiger partial charge in [-0.1, -0.05) is 0 Å². The second-order valence-electron chi connectivity index (χ2n) is 4.16. The summed E-state index contributed by atoms with van der Waals surface area (Å²) in [6.45, 7) is 4.83. The van der Waals surface area contributed by atoms with Gasteiger partial charge in [0.15, 0.2) is 0 Å². The fourth-order valence-electron chi connectivity index (χ4n) is 1.14. The van der Waals surface area contributed by atoms with Gasteiger partial charge in [-0.15, -0.1) is 24.8 Å². The number of hydrogen-bond acceptors (Lipinski definition) is 3. The Morgan fingerprint density at radius 1 is 1.47 bits per heavy atom. The van der Waals surface area contributed by atoms with E-state index in [1.165, 1.54) is 0 Å². The quantitative estimate of drug-likeness (QED) is 0.845. The molecule has 7 heteroatoms. The van der Waals surface area contributed by atoms with Crippen LogP contribution in [0.1, 0.15) is 20.3 Å². The third-order valence-corrected chi connectivity index (χ3v) is 2.12. The van der Waals surface area contributed by atoms with E-state index in [-0.39, 0.29) is 36.3 Å². The number of nitrogens with zero attached hydrogens (tertiary/aromatic N) is 2. The molecule has 0 aliphatic carbocycles. The van der Waals surface area contributed by atoms with Crippen molar-refractivity contribution in [2.45, 2.75) is 32.4 Å². The molecule has 1 aromatic heterocycles. The van der Waals surface area contributed by atoms with Crippen molar-refractivity contribution in [2.24, 2.45) is 5.73 Å². The Hall–Kier alpha value is -0.780. The predicted molar refractivity (Wildman–Crippen MR) is 72.6 cm³/mol. The zero-order valence-corrected chi connectivity index (χ0v) is 11.7. The first-order valence-electron chi connectivity index (χ1n) is 5.02. The van der Waals surface area contributed by atoms with E-state index in [1.807, 2.05) is 26.1 Å². The molecule has 1 aromatic rings. The van der Waals surface area contributed by atoms with Gasteiger partial charge in [-0.2, -0.15) is 5.10 Å². The molecule has 1 heterocycles. The molecule has 0 radical (unpaired) electrons. The maximum absolute atomic E-state index is 11.5. The normalized spacial score (nSPS) is 10.1. The van der Waals surface area contributed by atoms with Crippen molar-refractivity contribution < 1.29 is 4.79 Å². The van der Waals surface area contributed by atoms with Crippen LogP contribution in [-0.4, -0.2) is 27.8 Å². The molecule has 0 bridgehead atoms. The van der Waals surface area contributed by atoms with E-state index in [4.69, 9.17) is 5.73 Å². The van der Waals surface area contributed by atoms with Gasteiger partial charge in [-0.3, -0.25) is 9.48 Å². The highest BCUT2D eigenvalue weighted by Crippen LogP contribution is 1.99. The van der Waals surface area contributed by atoms with Crippen LogP contribution in [0.15, 0.2) is 18.5 Å². The minimum Gasteiger partial charge on any atom is -0.350 e. The lowest BCUT2D eigenvalue weighted by molar-refractivity contribution is -0.122. The Morgan fingerprint density at radius 2 is 2.12 bits per heavy atom. The van der Waals surface area contributed by atoms with Crippen molar-refractivity contribution in [1.29, 1.82) is 0 Å². The zero-order chi connectivity index (χ0) is 11.3. The Balaban J connectivity index is 0. The third kappa shape index (κ3) is 7.20. The Kier molecular flexibility index (Phi) is 9.11. The summed E-state index contributed by atoms with van der Waals surface area (Å²) in [5.41, 5.74) is 5.18. The van der Waals surface area contributed by atoms with Gasteiger partial charge in [0.25, 0.3) is 0 Å². The monoisotopic (exact) mass is 282 g/mol. The molecule has 0 aromatic carbocycles. The van der Waals surface area contributed by atoms with Gasteiger partial charge in [0, 0.05) is 37.4 Å². The minimum absolute atomic E-state index is 0. The molecule has 0 fully saturated rings. The molecule has 1 rings (SSSR count). The van der Waals surface area contributed by atoms with E-state index < -0.39 is 0 Å². The first kappa shape index (κ1) is 18.6. The molecular formula is C10H20Cl2N4O. The summed E-state index contributed by atoms with van der Waals surface area (Å²) in [5.74, 6) is 0.000880. The van der Waals surface area contributed by atoms with Gasteiger partial charge in [-0.25, -0.2) is 0 Å². The van der Waals surface area contributed by atoms with Gasteiger partial charge in [0.1, 0.15) is 0 Å². The lowest BCUT2D eigenvalue weighted by Crippen LogP contribution is -2.49. The van der Waals surface area contributed by atoms with Crippen LogP contribution in [-0.2, 0) is 11.3 Å². The topological polar surface area (TPSA) is 72.9 Å². The smallest absolute Gasteiger partial charge is 0.222 e. The first-order valence-corrected chi connectivity index (χ1v) is 5.02. The Labute approximate surface area is 114 Å². The standard InChI is InChI=1S/C10H18N4O.2ClH/c1-10(2,8-11)13-9(15)4-7-14-6-3-5-12-14;;/h3,5-6H,4,7-8,11H2,1-2H3,(H,13,15);2*1H. The Bertz CT molecular complexity index is 314. The van der Waals surface area contributed by atoms with Crippen molar-refractivity contribution in [2.75, 3.05) is 6.54 Å². The molecule has 0 saturated heterocycles. The van der Waals surface area contributed by atoms with Gasteiger partial charge in [-0.05, 0) is 19.9 Å². The fourth-order valence-corrected chi connectivity index (χ4v) is 1.14. The number of nitrogens with one attached hydrogen (secondary N) is 1. The number of nitrogens with two attached hydrogens (primary N) is 1. The summed E-state index contributed by atoms with van der Waals surface area (Å²) in [4.78, 5) is 11.5. The van der Waals surface area contributed by atoms with E-state index in [2.05, 4.69) is 10.4 Å². The van der Waals surface area contributed by atoms with Crippen LogP contribution in [0, 0.1) is 0 Å². The number of aryl methyl sites for hydroxylation is 1. The summed E-state index contributed by atoms with van der Waals surface area (Å²) in [6.07, 6.45) is 3.95. The molecule has 5 nitrogen and oxygen atoms in total. The molecule has 1 amide bonds. The van der Waals surface area contributed by atoms with E-state index in [0.29, 0.717) is 19.5 Å². The van der Waals surface area contributed by atoms with Crippen LogP contribution in [0.2, 0.25) is 0 Å². The molecule has 0 unspecified atom stereocenters. The summed E-state index contributed by atoms with van der Waals surface area (Å²) >= 11 is 0. The molecule has 0 aliphatic rings. The van der Waals surface area contributed by atoms with Crippen molar-refractivity contribution in [1.82, 2.24) is 15.1 Å².